The predicted octanol–water partition coefficient (Wildman–Crippen LogP) is 4.73. The Balaban J connectivity index is 2.40. The molecule has 6 nitrogen and oxygen atoms in total. The molecule has 0 amide bonds. The van der Waals surface area contributed by atoms with Gasteiger partial charge in [-0.15, -0.1) is 0 Å². The molecule has 0 spiro atoms. The normalized spacial score (nSPS) is 12.8. The number of hydrogen-bond donors (Lipinski definition) is 1. The van der Waals surface area contributed by atoms with Gasteiger partial charge in [-0.2, -0.15) is 44.9 Å². The van der Waals surface area contributed by atoms with E-state index in [2.05, 4.69) is 15.1 Å². The van der Waals surface area contributed by atoms with Crippen LogP contribution in [-0.2, 0) is 12.1 Å². The molecule has 0 radical (unpaired) electrons. The van der Waals surface area contributed by atoms with E-state index in [9.17, 15) is 39.5 Å². The van der Waals surface area contributed by atoms with Gasteiger partial charge < -0.3 is 10.5 Å². The van der Waals surface area contributed by atoms with Crippen LogP contribution in [0.5, 0.6) is 5.88 Å². The summed E-state index contributed by atoms with van der Waals surface area (Å²) in [5.74, 6) is -9.15. The van der Waals surface area contributed by atoms with E-state index in [4.69, 9.17) is 10.5 Å². The molecular formula is C17H10F9N5O. The second-order valence-corrected chi connectivity index (χ2v) is 6.21. The Labute approximate surface area is 172 Å². The molecule has 0 bridgehead atoms. The molecule has 0 aliphatic carbocycles. The van der Waals surface area contributed by atoms with Crippen LogP contribution in [0.3, 0.4) is 0 Å². The van der Waals surface area contributed by atoms with Gasteiger partial charge in [-0.05, 0) is 23.8 Å². The van der Waals surface area contributed by atoms with Gasteiger partial charge in [0.15, 0.2) is 5.69 Å². The summed E-state index contributed by atoms with van der Waals surface area (Å²) in [7, 11) is 1.07. The fourth-order valence-electron chi connectivity index (χ4n) is 2.74. The van der Waals surface area contributed by atoms with E-state index in [1.807, 2.05) is 0 Å². The number of hydrogen-bond acceptors (Lipinski definition) is 5. The number of methoxy groups -OCH3 is 1. The van der Waals surface area contributed by atoms with E-state index in [-0.39, 0.29) is 16.8 Å². The second-order valence-electron chi connectivity index (χ2n) is 6.21. The van der Waals surface area contributed by atoms with Gasteiger partial charge in [-0.25, -0.2) is 14.4 Å². The fourth-order valence-corrected chi connectivity index (χ4v) is 2.74. The number of nitrogen functional groups attached to an aromatic ring is 1. The van der Waals surface area contributed by atoms with Crippen LogP contribution in [0.2, 0.25) is 0 Å². The van der Waals surface area contributed by atoms with Crippen LogP contribution >= 0.6 is 0 Å². The van der Waals surface area contributed by atoms with Crippen LogP contribution in [0.4, 0.5) is 45.3 Å². The van der Waals surface area contributed by atoms with Crippen LogP contribution in [0.15, 0.2) is 30.6 Å². The molecule has 0 fully saturated rings. The molecule has 0 saturated carbocycles. The van der Waals surface area contributed by atoms with E-state index in [1.165, 1.54) is 0 Å². The smallest absolute Gasteiger partial charge is 0.459 e. The molecule has 0 atom stereocenters. The summed E-state index contributed by atoms with van der Waals surface area (Å²) in [6.07, 6.45) is -9.25. The lowest BCUT2D eigenvalue weighted by atomic mass is 9.99. The predicted molar refractivity (Wildman–Crippen MR) is 90.5 cm³/mol. The number of nitrogens with two attached hydrogens (primary N) is 1. The summed E-state index contributed by atoms with van der Waals surface area (Å²) in [6, 6.07) is 0.527. The van der Waals surface area contributed by atoms with Crippen LogP contribution in [0, 0.1) is 5.82 Å². The van der Waals surface area contributed by atoms with E-state index in [0.29, 0.717) is 6.07 Å². The standard InChI is InChI=1S/C17H10F9N5O/c1-32-14-13(28-2-3-29-14)31-12(27)10(11(30-31)15(19,20)17(24,25)26)7-4-8(16(21,22)23)6-9(18)5-7/h2-6H,27H2,1H3. The van der Waals surface area contributed by atoms with Crippen LogP contribution in [0.1, 0.15) is 11.3 Å². The third kappa shape index (κ3) is 3.89. The zero-order valence-electron chi connectivity index (χ0n) is 15.6. The summed E-state index contributed by atoms with van der Waals surface area (Å²) >= 11 is 0. The number of benzene rings is 1. The van der Waals surface area contributed by atoms with Gasteiger partial charge in [-0.3, -0.25) is 0 Å². The van der Waals surface area contributed by atoms with E-state index < -0.39 is 64.0 Å². The van der Waals surface area contributed by atoms with Crippen molar-refractivity contribution in [2.75, 3.05) is 12.8 Å². The van der Waals surface area contributed by atoms with Gasteiger partial charge in [-0.1, -0.05) is 0 Å². The zero-order chi connectivity index (χ0) is 24.1. The minimum Gasteiger partial charge on any atom is -0.478 e. The Kier molecular flexibility index (Phi) is 5.47. The molecule has 3 rings (SSSR count). The van der Waals surface area contributed by atoms with Crippen molar-refractivity contribution in [2.24, 2.45) is 0 Å². The fraction of sp³-hybridized carbons (Fsp3) is 0.235. The van der Waals surface area contributed by atoms with Crippen molar-refractivity contribution in [2.45, 2.75) is 18.3 Å². The first-order chi connectivity index (χ1) is 14.7. The first-order valence-corrected chi connectivity index (χ1v) is 8.25. The number of alkyl halides is 8. The molecule has 172 valence electrons. The minimum atomic E-state index is -6.21. The molecule has 0 saturated heterocycles. The maximum absolute atomic E-state index is 14.3. The van der Waals surface area contributed by atoms with Gasteiger partial charge in [0, 0.05) is 12.4 Å². The van der Waals surface area contributed by atoms with Crippen LogP contribution in [0.25, 0.3) is 16.9 Å². The highest BCUT2D eigenvalue weighted by atomic mass is 19.4. The maximum atomic E-state index is 14.3. The number of anilines is 1. The maximum Gasteiger partial charge on any atom is 0.459 e. The largest absolute Gasteiger partial charge is 0.478 e. The van der Waals surface area contributed by atoms with Gasteiger partial charge in [0.1, 0.15) is 11.6 Å². The quantitative estimate of drug-likeness (QED) is 0.557. The third-order valence-electron chi connectivity index (χ3n) is 4.13. The minimum absolute atomic E-state index is 0.0391. The first-order valence-electron chi connectivity index (χ1n) is 8.25. The number of rotatable bonds is 4. The van der Waals surface area contributed by atoms with E-state index in [1.54, 1.807) is 0 Å². The lowest BCUT2D eigenvalue weighted by Crippen LogP contribution is -2.34. The Morgan fingerprint density at radius 3 is 2.12 bits per heavy atom. The van der Waals surface area contributed by atoms with E-state index >= 15 is 0 Å². The zero-order valence-corrected chi connectivity index (χ0v) is 15.6. The van der Waals surface area contributed by atoms with Gasteiger partial charge in [0.25, 0.3) is 5.88 Å². The Hall–Kier alpha value is -3.52. The van der Waals surface area contributed by atoms with Crippen molar-refractivity contribution in [3.63, 3.8) is 0 Å². The molecule has 0 aliphatic heterocycles. The molecule has 0 aliphatic rings. The van der Waals surface area contributed by atoms with E-state index in [0.717, 1.165) is 19.5 Å². The average Bonchev–Trinajstić information content (AvgIpc) is 3.03. The SMILES string of the molecule is COc1nccnc1-n1nc(C(F)(F)C(F)(F)F)c(-c2cc(F)cc(C(F)(F)F)c2)c1N. The molecular weight excluding hydrogens is 461 g/mol. The molecule has 2 heterocycles. The van der Waals surface area contributed by atoms with Crippen molar-refractivity contribution in [3.05, 3.63) is 47.7 Å². The highest BCUT2D eigenvalue weighted by Gasteiger charge is 2.62. The summed E-state index contributed by atoms with van der Waals surface area (Å²) in [5, 5.41) is 3.16. The Bertz CT molecular complexity index is 1150. The summed E-state index contributed by atoms with van der Waals surface area (Å²) in [6.45, 7) is 0. The summed E-state index contributed by atoms with van der Waals surface area (Å²) in [5.41, 5.74) is -0.273. The molecule has 15 heteroatoms. The number of ether oxygens (including phenoxy) is 1. The lowest BCUT2D eigenvalue weighted by molar-refractivity contribution is -0.290. The number of nitrogens with zero attached hydrogens (tertiary/aromatic N) is 4. The topological polar surface area (TPSA) is 78.9 Å². The van der Waals surface area contributed by atoms with Crippen LogP contribution < -0.4 is 10.5 Å². The monoisotopic (exact) mass is 471 g/mol. The highest BCUT2D eigenvalue weighted by molar-refractivity contribution is 5.79. The molecule has 1 aromatic carbocycles. The summed E-state index contributed by atoms with van der Waals surface area (Å²) in [4.78, 5) is 7.38. The Morgan fingerprint density at radius 1 is 0.938 bits per heavy atom. The molecule has 32 heavy (non-hydrogen) atoms. The third-order valence-corrected chi connectivity index (χ3v) is 4.13. The van der Waals surface area contributed by atoms with Crippen molar-refractivity contribution < 1.29 is 44.3 Å². The Morgan fingerprint density at radius 2 is 1.56 bits per heavy atom. The van der Waals surface area contributed by atoms with Crippen molar-refractivity contribution in [1.29, 1.82) is 0 Å². The van der Waals surface area contributed by atoms with Gasteiger partial charge in [0.05, 0.1) is 18.2 Å². The number of aromatic nitrogens is 4. The van der Waals surface area contributed by atoms with Crippen molar-refractivity contribution in [3.8, 4) is 22.8 Å². The highest BCUT2D eigenvalue weighted by Crippen LogP contribution is 2.49. The van der Waals surface area contributed by atoms with Crippen molar-refractivity contribution in [1.82, 2.24) is 19.7 Å². The molecule has 3 aromatic rings. The second kappa shape index (κ2) is 7.56. The first kappa shape index (κ1) is 23.1. The lowest BCUT2D eigenvalue weighted by Gasteiger charge is -2.19. The molecule has 2 aromatic heterocycles. The average molecular weight is 471 g/mol. The molecule has 0 unspecified atom stereocenters. The summed E-state index contributed by atoms with van der Waals surface area (Å²) < 4.78 is 126. The van der Waals surface area contributed by atoms with Crippen molar-refractivity contribution >= 4 is 5.82 Å². The molecule has 2 N–H and O–H groups in total. The van der Waals surface area contributed by atoms with Gasteiger partial charge >= 0.3 is 18.3 Å². The van der Waals surface area contributed by atoms with Crippen LogP contribution in [-0.4, -0.2) is 33.0 Å². The number of halogens is 9. The van der Waals surface area contributed by atoms with Gasteiger partial charge in [0.2, 0.25) is 5.82 Å².